The fourth-order valence-electron chi connectivity index (χ4n) is 2.14. The van der Waals surface area contributed by atoms with Crippen LogP contribution >= 0.6 is 0 Å². The maximum Gasteiger partial charge on any atom is 0.240 e. The van der Waals surface area contributed by atoms with Gasteiger partial charge in [0.25, 0.3) is 0 Å². The van der Waals surface area contributed by atoms with Crippen molar-refractivity contribution in [2.45, 2.75) is 51.3 Å². The molecule has 0 saturated carbocycles. The monoisotopic (exact) mass is 313 g/mol. The van der Waals surface area contributed by atoms with Crippen LogP contribution in [0.15, 0.2) is 29.2 Å². The molecule has 0 saturated heterocycles. The van der Waals surface area contributed by atoms with Gasteiger partial charge in [-0.3, -0.25) is 0 Å². The Kier molecular flexibility index (Phi) is 7.75. The highest BCUT2D eigenvalue weighted by atomic mass is 32.2. The van der Waals surface area contributed by atoms with Gasteiger partial charge in [0.05, 0.1) is 11.5 Å². The minimum Gasteiger partial charge on any atom is -0.494 e. The van der Waals surface area contributed by atoms with E-state index in [1.54, 1.807) is 24.3 Å². The zero-order chi connectivity index (χ0) is 15.7. The number of sulfonamides is 1. The zero-order valence-electron chi connectivity index (χ0n) is 13.3. The van der Waals surface area contributed by atoms with Crippen LogP contribution in [0.2, 0.25) is 0 Å². The quantitative estimate of drug-likeness (QED) is 0.718. The highest BCUT2D eigenvalue weighted by Gasteiger charge is 2.16. The number of hydrogen-bond donors (Lipinski definition) is 1. The number of nitrogens with one attached hydrogen (secondary N) is 1. The summed E-state index contributed by atoms with van der Waals surface area (Å²) in [5.74, 6) is 1.09. The van der Waals surface area contributed by atoms with E-state index in [4.69, 9.17) is 4.74 Å². The molecule has 1 aromatic rings. The maximum atomic E-state index is 12.2. The summed E-state index contributed by atoms with van der Waals surface area (Å²) >= 11 is 0. The molecule has 0 amide bonds. The van der Waals surface area contributed by atoms with Crippen molar-refractivity contribution in [1.82, 2.24) is 4.72 Å². The summed E-state index contributed by atoms with van der Waals surface area (Å²) in [4.78, 5) is 0.288. The summed E-state index contributed by atoms with van der Waals surface area (Å²) in [6.07, 6.45) is 4.34. The van der Waals surface area contributed by atoms with E-state index in [0.29, 0.717) is 24.8 Å². The molecule has 0 unspecified atom stereocenters. The Hall–Kier alpha value is -1.07. The highest BCUT2D eigenvalue weighted by molar-refractivity contribution is 7.89. The normalized spacial score (nSPS) is 13.1. The zero-order valence-corrected chi connectivity index (χ0v) is 14.1. The van der Waals surface area contributed by atoms with Crippen LogP contribution in [0.3, 0.4) is 0 Å². The Morgan fingerprint density at radius 1 is 1.14 bits per heavy atom. The topological polar surface area (TPSA) is 55.4 Å². The second kappa shape index (κ2) is 9.05. The van der Waals surface area contributed by atoms with Gasteiger partial charge >= 0.3 is 0 Å². The molecule has 1 rings (SSSR count). The van der Waals surface area contributed by atoms with Gasteiger partial charge in [0.2, 0.25) is 10.0 Å². The Morgan fingerprint density at radius 3 is 2.33 bits per heavy atom. The second-order valence-electron chi connectivity index (χ2n) is 5.17. The first-order valence-electron chi connectivity index (χ1n) is 7.76. The predicted molar refractivity (Wildman–Crippen MR) is 86.1 cm³/mol. The lowest BCUT2D eigenvalue weighted by Gasteiger charge is -2.15. The summed E-state index contributed by atoms with van der Waals surface area (Å²) in [6, 6.07) is 6.54. The standard InChI is InChI=1S/C16H27NO3S/c1-4-7-8-14(5-2)13-17-21(18,19)16-11-9-15(10-12-16)20-6-3/h9-12,14,17H,4-8,13H2,1-3H3/t14-/m0/s1. The lowest BCUT2D eigenvalue weighted by molar-refractivity contribution is 0.340. The third-order valence-electron chi connectivity index (χ3n) is 3.55. The minimum absolute atomic E-state index is 0.288. The van der Waals surface area contributed by atoms with Crippen LogP contribution in [-0.4, -0.2) is 21.6 Å². The van der Waals surface area contributed by atoms with Gasteiger partial charge < -0.3 is 4.74 Å². The van der Waals surface area contributed by atoms with Gasteiger partial charge in [0.1, 0.15) is 5.75 Å². The average molecular weight is 313 g/mol. The molecule has 1 aromatic carbocycles. The number of benzene rings is 1. The molecule has 0 aliphatic carbocycles. The molecule has 0 heterocycles. The van der Waals surface area contributed by atoms with Gasteiger partial charge in [-0.25, -0.2) is 13.1 Å². The molecule has 0 bridgehead atoms. The Labute approximate surface area is 129 Å². The first-order valence-corrected chi connectivity index (χ1v) is 9.24. The van der Waals surface area contributed by atoms with E-state index in [0.717, 1.165) is 25.7 Å². The van der Waals surface area contributed by atoms with Gasteiger partial charge in [-0.1, -0.05) is 33.1 Å². The Morgan fingerprint density at radius 2 is 1.81 bits per heavy atom. The lowest BCUT2D eigenvalue weighted by Crippen LogP contribution is -2.29. The van der Waals surface area contributed by atoms with E-state index in [-0.39, 0.29) is 4.90 Å². The number of ether oxygens (including phenoxy) is 1. The molecular formula is C16H27NO3S. The summed E-state index contributed by atoms with van der Waals surface area (Å²) in [6.45, 7) is 7.22. The predicted octanol–water partition coefficient (Wildman–Crippen LogP) is 3.58. The smallest absolute Gasteiger partial charge is 0.240 e. The summed E-state index contributed by atoms with van der Waals surface area (Å²) in [5, 5.41) is 0. The minimum atomic E-state index is -3.43. The highest BCUT2D eigenvalue weighted by Crippen LogP contribution is 2.17. The molecule has 120 valence electrons. The van der Waals surface area contributed by atoms with Crippen LogP contribution in [0.25, 0.3) is 0 Å². The average Bonchev–Trinajstić information content (AvgIpc) is 2.48. The van der Waals surface area contributed by atoms with Crippen LogP contribution in [0.5, 0.6) is 5.75 Å². The van der Waals surface area contributed by atoms with E-state index < -0.39 is 10.0 Å². The molecule has 21 heavy (non-hydrogen) atoms. The van der Waals surface area contributed by atoms with Crippen molar-refractivity contribution in [3.05, 3.63) is 24.3 Å². The van der Waals surface area contributed by atoms with E-state index >= 15 is 0 Å². The second-order valence-corrected chi connectivity index (χ2v) is 6.94. The molecule has 0 spiro atoms. The largest absolute Gasteiger partial charge is 0.494 e. The fourth-order valence-corrected chi connectivity index (χ4v) is 3.25. The van der Waals surface area contributed by atoms with Crippen LogP contribution in [0.4, 0.5) is 0 Å². The first kappa shape index (κ1) is 18.0. The van der Waals surface area contributed by atoms with Crippen molar-refractivity contribution >= 4 is 10.0 Å². The van der Waals surface area contributed by atoms with Crippen molar-refractivity contribution in [2.75, 3.05) is 13.2 Å². The molecule has 0 aliphatic rings. The number of rotatable bonds is 10. The summed E-state index contributed by atoms with van der Waals surface area (Å²) in [7, 11) is -3.43. The van der Waals surface area contributed by atoms with Crippen molar-refractivity contribution in [3.8, 4) is 5.75 Å². The summed E-state index contributed by atoms with van der Waals surface area (Å²) < 4.78 is 32.5. The van der Waals surface area contributed by atoms with Gasteiger partial charge in [-0.2, -0.15) is 0 Å². The SMILES string of the molecule is CCCC[C@H](CC)CNS(=O)(=O)c1ccc(OCC)cc1. The Bertz CT molecular complexity index is 497. The molecule has 0 radical (unpaired) electrons. The molecule has 1 N–H and O–H groups in total. The van der Waals surface area contributed by atoms with Crippen LogP contribution in [-0.2, 0) is 10.0 Å². The van der Waals surface area contributed by atoms with E-state index in [1.807, 2.05) is 6.92 Å². The molecular weight excluding hydrogens is 286 g/mol. The number of unbranched alkanes of at least 4 members (excludes halogenated alkanes) is 1. The molecule has 0 aliphatic heterocycles. The van der Waals surface area contributed by atoms with E-state index in [2.05, 4.69) is 18.6 Å². The molecule has 0 aromatic heterocycles. The van der Waals surface area contributed by atoms with Crippen molar-refractivity contribution in [2.24, 2.45) is 5.92 Å². The molecule has 1 atom stereocenters. The maximum absolute atomic E-state index is 12.2. The lowest BCUT2D eigenvalue weighted by atomic mass is 10.00. The van der Waals surface area contributed by atoms with Crippen molar-refractivity contribution < 1.29 is 13.2 Å². The third kappa shape index (κ3) is 6.06. The van der Waals surface area contributed by atoms with Crippen LogP contribution in [0.1, 0.15) is 46.5 Å². The Balaban J connectivity index is 2.63. The van der Waals surface area contributed by atoms with Gasteiger partial charge in [-0.15, -0.1) is 0 Å². The van der Waals surface area contributed by atoms with Gasteiger partial charge in [-0.05, 0) is 43.5 Å². The van der Waals surface area contributed by atoms with Crippen LogP contribution in [0, 0.1) is 5.92 Å². The third-order valence-corrected chi connectivity index (χ3v) is 4.99. The summed E-state index contributed by atoms with van der Waals surface area (Å²) in [5.41, 5.74) is 0. The molecule has 0 fully saturated rings. The molecule has 5 heteroatoms. The van der Waals surface area contributed by atoms with Crippen molar-refractivity contribution in [3.63, 3.8) is 0 Å². The van der Waals surface area contributed by atoms with E-state index in [1.165, 1.54) is 0 Å². The molecule has 4 nitrogen and oxygen atoms in total. The van der Waals surface area contributed by atoms with E-state index in [9.17, 15) is 8.42 Å². The first-order chi connectivity index (χ1) is 10.0. The fraction of sp³-hybridized carbons (Fsp3) is 0.625. The van der Waals surface area contributed by atoms with Gasteiger partial charge in [0, 0.05) is 6.54 Å². The van der Waals surface area contributed by atoms with Crippen molar-refractivity contribution in [1.29, 1.82) is 0 Å². The van der Waals surface area contributed by atoms with Crippen LogP contribution < -0.4 is 9.46 Å². The number of hydrogen-bond acceptors (Lipinski definition) is 3. The van der Waals surface area contributed by atoms with Gasteiger partial charge in [0.15, 0.2) is 0 Å².